The Morgan fingerprint density at radius 2 is 2.16 bits per heavy atom. The number of aliphatic hydroxyl groups is 1. The first-order valence-corrected chi connectivity index (χ1v) is 7.67. The maximum absolute atomic E-state index is 12.2. The van der Waals surface area contributed by atoms with Gasteiger partial charge in [0, 0.05) is 29.8 Å². The van der Waals surface area contributed by atoms with Crippen molar-refractivity contribution in [1.29, 1.82) is 0 Å². The highest BCUT2D eigenvalue weighted by Crippen LogP contribution is 2.19. The number of aliphatic hydroxyl groups excluding tert-OH is 1. The Balaban J connectivity index is 1.98. The molecular formula is C14H20N2O2S. The zero-order valence-electron chi connectivity index (χ0n) is 11.3. The van der Waals surface area contributed by atoms with Gasteiger partial charge in [-0.1, -0.05) is 12.1 Å². The fraction of sp³-hybridized carbons (Fsp3) is 0.500. The molecule has 1 aliphatic heterocycles. The molecule has 0 aromatic heterocycles. The minimum atomic E-state index is -0.483. The van der Waals surface area contributed by atoms with Gasteiger partial charge in [-0.3, -0.25) is 0 Å². The van der Waals surface area contributed by atoms with Crippen LogP contribution in [-0.2, 0) is 0 Å². The predicted octanol–water partition coefficient (Wildman–Crippen LogP) is 2.71. The number of rotatable bonds is 2. The van der Waals surface area contributed by atoms with Crippen LogP contribution >= 0.6 is 11.8 Å². The highest BCUT2D eigenvalue weighted by atomic mass is 32.2. The third-order valence-electron chi connectivity index (χ3n) is 3.27. The molecule has 104 valence electrons. The molecule has 5 heteroatoms. The maximum Gasteiger partial charge on any atom is 0.322 e. The lowest BCUT2D eigenvalue weighted by Gasteiger charge is -2.33. The first-order chi connectivity index (χ1) is 9.08. The van der Waals surface area contributed by atoms with E-state index in [2.05, 4.69) is 12.2 Å². The summed E-state index contributed by atoms with van der Waals surface area (Å²) in [5.41, 5.74) is 1.61. The number of carbonyl (C=O) groups is 1. The summed E-state index contributed by atoms with van der Waals surface area (Å²) in [6, 6.07) is 7.53. The average Bonchev–Trinajstić information content (AvgIpc) is 2.39. The number of benzene rings is 1. The van der Waals surface area contributed by atoms with Crippen molar-refractivity contribution in [3.63, 3.8) is 0 Å². The second-order valence-corrected chi connectivity index (χ2v) is 6.00. The summed E-state index contributed by atoms with van der Waals surface area (Å²) in [6.45, 7) is 4.59. The number of urea groups is 1. The predicted molar refractivity (Wildman–Crippen MR) is 79.6 cm³/mol. The molecule has 1 saturated heterocycles. The standard InChI is InChI=1S/C14H20N2O2S/c1-10-9-19-8-7-16(10)14(18)15-13-5-3-12(4-6-13)11(2)17/h3-6,10-11,17H,7-9H2,1-2H3,(H,15,18). The van der Waals surface area contributed by atoms with Crippen molar-refractivity contribution in [3.8, 4) is 0 Å². The zero-order chi connectivity index (χ0) is 13.8. The zero-order valence-corrected chi connectivity index (χ0v) is 12.1. The first kappa shape index (κ1) is 14.2. The Morgan fingerprint density at radius 1 is 1.47 bits per heavy atom. The molecule has 2 N–H and O–H groups in total. The van der Waals surface area contributed by atoms with Crippen LogP contribution in [0.15, 0.2) is 24.3 Å². The molecule has 0 aliphatic carbocycles. The second-order valence-electron chi connectivity index (χ2n) is 4.85. The van der Waals surface area contributed by atoms with Gasteiger partial charge in [-0.15, -0.1) is 0 Å². The van der Waals surface area contributed by atoms with E-state index >= 15 is 0 Å². The molecular weight excluding hydrogens is 260 g/mol. The Kier molecular flexibility index (Phi) is 4.71. The lowest BCUT2D eigenvalue weighted by atomic mass is 10.1. The van der Waals surface area contributed by atoms with Gasteiger partial charge in [-0.05, 0) is 31.5 Å². The molecule has 0 spiro atoms. The summed E-state index contributed by atoms with van der Waals surface area (Å²) in [5.74, 6) is 1.99. The van der Waals surface area contributed by atoms with Crippen LogP contribution in [0.5, 0.6) is 0 Å². The van der Waals surface area contributed by atoms with Crippen molar-refractivity contribution >= 4 is 23.5 Å². The largest absolute Gasteiger partial charge is 0.389 e. The van der Waals surface area contributed by atoms with Crippen molar-refractivity contribution in [2.45, 2.75) is 26.0 Å². The normalized spacial score (nSPS) is 21.0. The van der Waals surface area contributed by atoms with Gasteiger partial charge in [0.1, 0.15) is 0 Å². The Hall–Kier alpha value is -1.20. The van der Waals surface area contributed by atoms with E-state index in [1.54, 1.807) is 6.92 Å². The molecule has 1 aliphatic rings. The molecule has 0 bridgehead atoms. The van der Waals surface area contributed by atoms with E-state index in [0.29, 0.717) is 0 Å². The van der Waals surface area contributed by atoms with Gasteiger partial charge in [-0.25, -0.2) is 4.79 Å². The Labute approximate surface area is 118 Å². The molecule has 0 saturated carbocycles. The number of carbonyl (C=O) groups excluding carboxylic acids is 1. The number of anilines is 1. The SMILES string of the molecule is CC(O)c1ccc(NC(=O)N2CCSCC2C)cc1. The van der Waals surface area contributed by atoms with E-state index in [9.17, 15) is 9.90 Å². The highest BCUT2D eigenvalue weighted by Gasteiger charge is 2.23. The number of amides is 2. The summed E-state index contributed by atoms with van der Waals surface area (Å²) >= 11 is 1.89. The molecule has 1 aromatic carbocycles. The van der Waals surface area contributed by atoms with Gasteiger partial charge in [0.15, 0.2) is 0 Å². The van der Waals surface area contributed by atoms with E-state index in [-0.39, 0.29) is 12.1 Å². The lowest BCUT2D eigenvalue weighted by molar-refractivity contribution is 0.199. The van der Waals surface area contributed by atoms with Crippen LogP contribution in [0.2, 0.25) is 0 Å². The number of nitrogens with one attached hydrogen (secondary N) is 1. The van der Waals surface area contributed by atoms with Crippen LogP contribution in [0.3, 0.4) is 0 Å². The van der Waals surface area contributed by atoms with Crippen molar-refractivity contribution in [2.24, 2.45) is 0 Å². The Morgan fingerprint density at radius 3 is 2.74 bits per heavy atom. The average molecular weight is 280 g/mol. The monoisotopic (exact) mass is 280 g/mol. The fourth-order valence-corrected chi connectivity index (χ4v) is 3.08. The molecule has 2 rings (SSSR count). The molecule has 1 aromatic rings. The molecule has 0 radical (unpaired) electrons. The molecule has 19 heavy (non-hydrogen) atoms. The molecule has 4 nitrogen and oxygen atoms in total. The summed E-state index contributed by atoms with van der Waals surface area (Å²) in [5, 5.41) is 12.3. The topological polar surface area (TPSA) is 52.6 Å². The third kappa shape index (κ3) is 3.64. The maximum atomic E-state index is 12.2. The first-order valence-electron chi connectivity index (χ1n) is 6.51. The second kappa shape index (κ2) is 6.30. The molecule has 2 unspecified atom stereocenters. The molecule has 1 heterocycles. The van der Waals surface area contributed by atoms with Gasteiger partial charge >= 0.3 is 6.03 Å². The van der Waals surface area contributed by atoms with Crippen LogP contribution in [0.25, 0.3) is 0 Å². The van der Waals surface area contributed by atoms with Crippen LogP contribution in [0, 0.1) is 0 Å². The lowest BCUT2D eigenvalue weighted by Crippen LogP contribution is -2.46. The highest BCUT2D eigenvalue weighted by molar-refractivity contribution is 7.99. The van der Waals surface area contributed by atoms with E-state index in [1.807, 2.05) is 40.9 Å². The number of hydrogen-bond donors (Lipinski definition) is 2. The van der Waals surface area contributed by atoms with Crippen molar-refractivity contribution < 1.29 is 9.90 Å². The Bertz CT molecular complexity index is 434. The summed E-state index contributed by atoms with van der Waals surface area (Å²) in [7, 11) is 0. The van der Waals surface area contributed by atoms with Gasteiger partial charge in [-0.2, -0.15) is 11.8 Å². The summed E-state index contributed by atoms with van der Waals surface area (Å²) < 4.78 is 0. The van der Waals surface area contributed by atoms with Gasteiger partial charge in [0.2, 0.25) is 0 Å². The third-order valence-corrected chi connectivity index (χ3v) is 4.46. The van der Waals surface area contributed by atoms with Gasteiger partial charge < -0.3 is 15.3 Å². The molecule has 2 amide bonds. The molecule has 1 fully saturated rings. The van der Waals surface area contributed by atoms with E-state index in [4.69, 9.17) is 0 Å². The minimum Gasteiger partial charge on any atom is -0.389 e. The smallest absolute Gasteiger partial charge is 0.322 e. The van der Waals surface area contributed by atoms with Crippen LogP contribution in [0.1, 0.15) is 25.5 Å². The number of hydrogen-bond acceptors (Lipinski definition) is 3. The van der Waals surface area contributed by atoms with Crippen molar-refractivity contribution in [3.05, 3.63) is 29.8 Å². The quantitative estimate of drug-likeness (QED) is 0.876. The minimum absolute atomic E-state index is 0.0439. The van der Waals surface area contributed by atoms with Crippen LogP contribution < -0.4 is 5.32 Å². The van der Waals surface area contributed by atoms with E-state index < -0.39 is 6.10 Å². The van der Waals surface area contributed by atoms with E-state index in [0.717, 1.165) is 29.3 Å². The van der Waals surface area contributed by atoms with Gasteiger partial charge in [0.05, 0.1) is 6.10 Å². The fourth-order valence-electron chi connectivity index (χ4n) is 2.07. The van der Waals surface area contributed by atoms with Crippen molar-refractivity contribution in [1.82, 2.24) is 4.90 Å². The summed E-state index contributed by atoms with van der Waals surface area (Å²) in [4.78, 5) is 14.0. The van der Waals surface area contributed by atoms with Gasteiger partial charge in [0.25, 0.3) is 0 Å². The number of nitrogens with zero attached hydrogens (tertiary/aromatic N) is 1. The number of thioether (sulfide) groups is 1. The van der Waals surface area contributed by atoms with Crippen molar-refractivity contribution in [2.75, 3.05) is 23.4 Å². The summed E-state index contributed by atoms with van der Waals surface area (Å²) in [6.07, 6.45) is -0.483. The van der Waals surface area contributed by atoms with E-state index in [1.165, 1.54) is 0 Å². The van der Waals surface area contributed by atoms with Crippen LogP contribution in [-0.4, -0.2) is 40.1 Å². The molecule has 2 atom stereocenters. The van der Waals surface area contributed by atoms with Crippen LogP contribution in [0.4, 0.5) is 10.5 Å².